The summed E-state index contributed by atoms with van der Waals surface area (Å²) in [5, 5.41) is 36.5. The second-order valence-corrected chi connectivity index (χ2v) is 9.11. The molecule has 5 unspecified atom stereocenters. The fourth-order valence-electron chi connectivity index (χ4n) is 3.38. The van der Waals surface area contributed by atoms with Gasteiger partial charge in [-0.3, -0.25) is 14.4 Å². The van der Waals surface area contributed by atoms with Crippen molar-refractivity contribution in [1.29, 1.82) is 0 Å². The molecule has 0 aliphatic rings. The summed E-state index contributed by atoms with van der Waals surface area (Å²) in [4.78, 5) is 56.9. The zero-order valence-electron chi connectivity index (χ0n) is 20.8. The monoisotopic (exact) mass is 518 g/mol. The number of phenolic OH excluding ortho intramolecular Hbond substituents is 1. The minimum Gasteiger partial charge on any atom is -0.508 e. The van der Waals surface area contributed by atoms with Crippen LogP contribution in [0.4, 0.5) is 0 Å². The summed E-state index contributed by atoms with van der Waals surface area (Å²) in [5.41, 5.74) is 6.97. The Morgan fingerprint density at radius 3 is 2.08 bits per heavy atom. The van der Waals surface area contributed by atoms with Crippen molar-refractivity contribution < 1.29 is 34.5 Å². The van der Waals surface area contributed by atoms with Gasteiger partial charge in [0, 0.05) is 24.7 Å². The number of nitrogens with zero attached hydrogens (tertiary/aromatic N) is 1. The number of carboxylic acids is 1. The Morgan fingerprint density at radius 2 is 1.57 bits per heavy atom. The second-order valence-electron chi connectivity index (χ2n) is 9.11. The van der Waals surface area contributed by atoms with E-state index in [1.807, 2.05) is 0 Å². The van der Waals surface area contributed by atoms with Gasteiger partial charge < -0.3 is 42.0 Å². The SMILES string of the molecule is CC(C)C(N)C(=O)NC(Cc1ccc(O)cc1)C(=O)NC(C(=O)NC(Cc1cnc[nH]1)C(=O)O)C(C)O. The second kappa shape index (κ2) is 13.4. The zero-order valence-corrected chi connectivity index (χ0v) is 20.8. The van der Waals surface area contributed by atoms with Gasteiger partial charge in [0.2, 0.25) is 17.7 Å². The first-order valence-electron chi connectivity index (χ1n) is 11.7. The number of hydrogen-bond acceptors (Lipinski definition) is 8. The van der Waals surface area contributed by atoms with Gasteiger partial charge in [-0.1, -0.05) is 26.0 Å². The van der Waals surface area contributed by atoms with E-state index in [0.29, 0.717) is 11.3 Å². The minimum atomic E-state index is -1.52. The molecule has 0 aliphatic heterocycles. The summed E-state index contributed by atoms with van der Waals surface area (Å²) >= 11 is 0. The molecule has 9 N–H and O–H groups in total. The molecule has 13 nitrogen and oxygen atoms in total. The first kappa shape index (κ1) is 29.3. The van der Waals surface area contributed by atoms with Gasteiger partial charge >= 0.3 is 5.97 Å². The van der Waals surface area contributed by atoms with Crippen molar-refractivity contribution >= 4 is 23.7 Å². The number of amides is 3. The number of carboxylic acid groups (broad SMARTS) is 1. The molecular formula is C24H34N6O7. The fourth-order valence-corrected chi connectivity index (χ4v) is 3.38. The number of carbonyl (C=O) groups excluding carboxylic acids is 3. The molecule has 2 rings (SSSR count). The molecule has 3 amide bonds. The van der Waals surface area contributed by atoms with E-state index in [-0.39, 0.29) is 24.5 Å². The molecule has 1 heterocycles. The first-order valence-corrected chi connectivity index (χ1v) is 11.7. The van der Waals surface area contributed by atoms with E-state index >= 15 is 0 Å². The van der Waals surface area contributed by atoms with Crippen LogP contribution in [-0.2, 0) is 32.0 Å². The maximum Gasteiger partial charge on any atom is 0.326 e. The highest BCUT2D eigenvalue weighted by molar-refractivity contribution is 5.94. The van der Waals surface area contributed by atoms with Crippen LogP contribution in [0.3, 0.4) is 0 Å². The first-order chi connectivity index (χ1) is 17.4. The van der Waals surface area contributed by atoms with Crippen LogP contribution in [0.5, 0.6) is 5.75 Å². The molecule has 2 aromatic rings. The molecule has 0 radical (unpaired) electrons. The number of aliphatic hydroxyl groups excluding tert-OH is 1. The number of aliphatic carboxylic acids is 1. The predicted molar refractivity (Wildman–Crippen MR) is 132 cm³/mol. The van der Waals surface area contributed by atoms with Crippen molar-refractivity contribution in [3.05, 3.63) is 48.0 Å². The molecular weight excluding hydrogens is 484 g/mol. The van der Waals surface area contributed by atoms with Crippen LogP contribution in [0.2, 0.25) is 0 Å². The number of aromatic nitrogens is 2. The highest BCUT2D eigenvalue weighted by atomic mass is 16.4. The smallest absolute Gasteiger partial charge is 0.326 e. The number of nitrogens with two attached hydrogens (primary N) is 1. The number of nitrogens with one attached hydrogen (secondary N) is 4. The zero-order chi connectivity index (χ0) is 27.7. The lowest BCUT2D eigenvalue weighted by Gasteiger charge is -2.27. The molecule has 37 heavy (non-hydrogen) atoms. The molecule has 0 fully saturated rings. The number of carbonyl (C=O) groups is 4. The molecule has 1 aromatic carbocycles. The third-order valence-electron chi connectivity index (χ3n) is 5.69. The third-order valence-corrected chi connectivity index (χ3v) is 5.69. The fraction of sp³-hybridized carbons (Fsp3) is 0.458. The van der Waals surface area contributed by atoms with Crippen molar-refractivity contribution in [2.45, 2.75) is 63.9 Å². The van der Waals surface area contributed by atoms with Crippen LogP contribution in [0.15, 0.2) is 36.8 Å². The van der Waals surface area contributed by atoms with Gasteiger partial charge in [0.25, 0.3) is 0 Å². The number of H-pyrrole nitrogens is 1. The van der Waals surface area contributed by atoms with E-state index in [1.165, 1.54) is 31.6 Å². The number of aromatic amines is 1. The summed E-state index contributed by atoms with van der Waals surface area (Å²) < 4.78 is 0. The maximum absolute atomic E-state index is 13.2. The number of hydrogen-bond donors (Lipinski definition) is 8. The van der Waals surface area contributed by atoms with Gasteiger partial charge in [-0.2, -0.15) is 0 Å². The van der Waals surface area contributed by atoms with Gasteiger partial charge in [0.05, 0.1) is 18.5 Å². The standard InChI is InChI=1S/C24H34N6O7/c1-12(2)19(25)22(34)28-17(8-14-4-6-16(32)7-5-14)21(33)30-20(13(3)31)23(35)29-18(24(36)37)9-15-10-26-11-27-15/h4-7,10-13,17-20,31-32H,8-9,25H2,1-3H3,(H,26,27)(H,28,34)(H,29,35)(H,30,33)(H,36,37). The minimum absolute atomic E-state index is 0.00556. The lowest BCUT2D eigenvalue weighted by Crippen LogP contribution is -2.60. The molecule has 13 heteroatoms. The van der Waals surface area contributed by atoms with Crippen molar-refractivity contribution in [1.82, 2.24) is 25.9 Å². The van der Waals surface area contributed by atoms with Crippen LogP contribution >= 0.6 is 0 Å². The van der Waals surface area contributed by atoms with Gasteiger partial charge in [0.1, 0.15) is 23.9 Å². The number of aromatic hydroxyl groups is 1. The quantitative estimate of drug-likeness (QED) is 0.159. The average molecular weight is 519 g/mol. The summed E-state index contributed by atoms with van der Waals surface area (Å²) in [5.74, 6) is -3.82. The van der Waals surface area contributed by atoms with Gasteiger partial charge in [-0.15, -0.1) is 0 Å². The number of benzene rings is 1. The average Bonchev–Trinajstić information content (AvgIpc) is 3.35. The number of rotatable bonds is 13. The summed E-state index contributed by atoms with van der Waals surface area (Å²) in [6.07, 6.45) is 1.27. The highest BCUT2D eigenvalue weighted by Gasteiger charge is 2.33. The summed E-state index contributed by atoms with van der Waals surface area (Å²) in [7, 11) is 0. The van der Waals surface area contributed by atoms with Crippen LogP contribution in [0.1, 0.15) is 32.0 Å². The Hall–Kier alpha value is -3.97. The molecule has 1 aromatic heterocycles. The van der Waals surface area contributed by atoms with Crippen molar-refractivity contribution in [3.63, 3.8) is 0 Å². The lowest BCUT2D eigenvalue weighted by atomic mass is 10.0. The van der Waals surface area contributed by atoms with E-state index in [1.54, 1.807) is 26.0 Å². The summed E-state index contributed by atoms with van der Waals surface area (Å²) in [6.45, 7) is 4.75. The van der Waals surface area contributed by atoms with Gasteiger partial charge in [0.15, 0.2) is 0 Å². The largest absolute Gasteiger partial charge is 0.508 e. The third kappa shape index (κ3) is 8.88. The molecule has 0 bridgehead atoms. The molecule has 202 valence electrons. The van der Waals surface area contributed by atoms with Crippen LogP contribution < -0.4 is 21.7 Å². The van der Waals surface area contributed by atoms with E-state index in [9.17, 15) is 34.5 Å². The molecule has 0 saturated heterocycles. The van der Waals surface area contributed by atoms with Crippen LogP contribution in [-0.4, -0.2) is 79.2 Å². The van der Waals surface area contributed by atoms with Crippen molar-refractivity contribution in [2.75, 3.05) is 0 Å². The van der Waals surface area contributed by atoms with Crippen LogP contribution in [0, 0.1) is 5.92 Å². The van der Waals surface area contributed by atoms with Crippen LogP contribution in [0.25, 0.3) is 0 Å². The van der Waals surface area contributed by atoms with Gasteiger partial charge in [-0.05, 0) is 30.5 Å². The van der Waals surface area contributed by atoms with E-state index in [2.05, 4.69) is 25.9 Å². The van der Waals surface area contributed by atoms with E-state index < -0.39 is 54.0 Å². The van der Waals surface area contributed by atoms with E-state index in [4.69, 9.17) is 5.73 Å². The molecule has 0 aliphatic carbocycles. The topological polar surface area (TPSA) is 220 Å². The van der Waals surface area contributed by atoms with Crippen molar-refractivity contribution in [3.8, 4) is 5.75 Å². The normalized spacial score (nSPS) is 15.2. The Morgan fingerprint density at radius 1 is 0.946 bits per heavy atom. The number of phenols is 1. The lowest BCUT2D eigenvalue weighted by molar-refractivity contribution is -0.143. The number of aliphatic hydroxyl groups is 1. The number of imidazole rings is 1. The molecule has 0 saturated carbocycles. The van der Waals surface area contributed by atoms with Gasteiger partial charge in [-0.25, -0.2) is 9.78 Å². The molecule has 0 spiro atoms. The van der Waals surface area contributed by atoms with E-state index in [0.717, 1.165) is 0 Å². The Bertz CT molecular complexity index is 1060. The summed E-state index contributed by atoms with van der Waals surface area (Å²) in [6, 6.07) is 1.01. The van der Waals surface area contributed by atoms with Crippen molar-refractivity contribution in [2.24, 2.45) is 11.7 Å². The molecule has 5 atom stereocenters. The maximum atomic E-state index is 13.2. The Balaban J connectivity index is 2.20. The Labute approximate surface area is 213 Å². The highest BCUT2D eigenvalue weighted by Crippen LogP contribution is 2.12. The Kier molecular flexibility index (Phi) is 10.6. The predicted octanol–water partition coefficient (Wildman–Crippen LogP) is -1.20.